The maximum absolute atomic E-state index is 13.4. The van der Waals surface area contributed by atoms with E-state index >= 15 is 0 Å². The van der Waals surface area contributed by atoms with Gasteiger partial charge in [-0.1, -0.05) is 38.8 Å². The molecule has 3 rings (SSSR count). The van der Waals surface area contributed by atoms with Crippen molar-refractivity contribution in [3.63, 3.8) is 0 Å². The van der Waals surface area contributed by atoms with Crippen molar-refractivity contribution in [1.29, 1.82) is 0 Å². The molecular formula is C23H34N2O3. The first-order chi connectivity index (χ1) is 13.5. The summed E-state index contributed by atoms with van der Waals surface area (Å²) in [7, 11) is 1.65. The molecule has 0 aromatic heterocycles. The van der Waals surface area contributed by atoms with Crippen LogP contribution in [0.3, 0.4) is 0 Å². The fourth-order valence-corrected chi connectivity index (χ4v) is 4.77. The summed E-state index contributed by atoms with van der Waals surface area (Å²) in [5, 5.41) is 3.18. The average molecular weight is 387 g/mol. The molecule has 5 nitrogen and oxygen atoms in total. The lowest BCUT2D eigenvalue weighted by atomic mass is 9.64. The Bertz CT molecular complexity index is 686. The van der Waals surface area contributed by atoms with E-state index in [1.54, 1.807) is 7.11 Å². The second kappa shape index (κ2) is 8.97. The van der Waals surface area contributed by atoms with Crippen molar-refractivity contribution in [2.45, 2.75) is 71.4 Å². The van der Waals surface area contributed by atoms with Crippen LogP contribution in [-0.4, -0.2) is 36.4 Å². The molecule has 2 aliphatic rings. The van der Waals surface area contributed by atoms with Gasteiger partial charge >= 0.3 is 0 Å². The Kier molecular flexibility index (Phi) is 6.63. The van der Waals surface area contributed by atoms with Gasteiger partial charge in [0.15, 0.2) is 0 Å². The molecule has 0 bridgehead atoms. The molecule has 154 valence electrons. The van der Waals surface area contributed by atoms with E-state index in [1.165, 1.54) is 0 Å². The number of piperidine rings is 1. The van der Waals surface area contributed by atoms with Crippen molar-refractivity contribution in [3.8, 4) is 5.75 Å². The molecule has 1 aromatic carbocycles. The van der Waals surface area contributed by atoms with Gasteiger partial charge in [-0.2, -0.15) is 0 Å². The smallest absolute Gasteiger partial charge is 0.228 e. The third kappa shape index (κ3) is 4.34. The predicted molar refractivity (Wildman–Crippen MR) is 110 cm³/mol. The summed E-state index contributed by atoms with van der Waals surface area (Å²) in [5.41, 5.74) is 0.636. The van der Waals surface area contributed by atoms with Gasteiger partial charge < -0.3 is 15.0 Å². The van der Waals surface area contributed by atoms with Gasteiger partial charge in [-0.25, -0.2) is 0 Å². The molecule has 1 heterocycles. The minimum Gasteiger partial charge on any atom is -0.497 e. The van der Waals surface area contributed by atoms with Crippen LogP contribution in [0.15, 0.2) is 24.3 Å². The second-order valence-corrected chi connectivity index (χ2v) is 8.72. The van der Waals surface area contributed by atoms with E-state index in [4.69, 9.17) is 4.74 Å². The Morgan fingerprint density at radius 1 is 1.25 bits per heavy atom. The van der Waals surface area contributed by atoms with Crippen molar-refractivity contribution in [2.75, 3.05) is 13.7 Å². The first kappa shape index (κ1) is 20.7. The Morgan fingerprint density at radius 2 is 2.00 bits per heavy atom. The summed E-state index contributed by atoms with van der Waals surface area (Å²) in [4.78, 5) is 28.1. The quantitative estimate of drug-likeness (QED) is 0.773. The molecule has 5 heteroatoms. The molecule has 0 unspecified atom stereocenters. The molecule has 0 radical (unpaired) electrons. The molecule has 1 aromatic rings. The van der Waals surface area contributed by atoms with Crippen molar-refractivity contribution >= 4 is 11.8 Å². The van der Waals surface area contributed by atoms with Gasteiger partial charge in [0.05, 0.1) is 12.5 Å². The van der Waals surface area contributed by atoms with Crippen LogP contribution in [0.25, 0.3) is 0 Å². The first-order valence-electron chi connectivity index (χ1n) is 10.7. The fourth-order valence-electron chi connectivity index (χ4n) is 4.77. The highest BCUT2D eigenvalue weighted by Gasteiger charge is 2.52. The predicted octanol–water partition coefficient (Wildman–Crippen LogP) is 3.91. The summed E-state index contributed by atoms with van der Waals surface area (Å²) >= 11 is 0. The van der Waals surface area contributed by atoms with E-state index in [2.05, 4.69) is 19.2 Å². The summed E-state index contributed by atoms with van der Waals surface area (Å²) in [6.07, 6.45) is 6.17. The number of fused-ring (bicyclic) bond motifs is 1. The molecule has 2 fully saturated rings. The van der Waals surface area contributed by atoms with E-state index < -0.39 is 5.41 Å². The fraction of sp³-hybridized carbons (Fsp3) is 0.652. The number of amides is 2. The Balaban J connectivity index is 1.72. The molecule has 1 aliphatic heterocycles. The zero-order chi connectivity index (χ0) is 20.1. The van der Waals surface area contributed by atoms with E-state index in [-0.39, 0.29) is 17.9 Å². The number of hydrogen-bond acceptors (Lipinski definition) is 3. The number of likely N-dealkylation sites (tertiary alicyclic amines) is 1. The standard InChI is InChI=1S/C23H34N2O3/c1-17(2)12-15-25-20-6-4-5-13-23(20,14-11-21(25)26)22(27)24-16-18-7-9-19(28-3)10-8-18/h7-10,17,20H,4-6,11-16H2,1-3H3,(H,24,27)/t20-,23-/m1/s1. The van der Waals surface area contributed by atoms with Gasteiger partial charge in [0.1, 0.15) is 5.75 Å². The highest BCUT2D eigenvalue weighted by atomic mass is 16.5. The van der Waals surface area contributed by atoms with Crippen molar-refractivity contribution in [3.05, 3.63) is 29.8 Å². The zero-order valence-corrected chi connectivity index (χ0v) is 17.5. The van der Waals surface area contributed by atoms with Gasteiger partial charge in [-0.3, -0.25) is 9.59 Å². The largest absolute Gasteiger partial charge is 0.497 e. The SMILES string of the molecule is COc1ccc(CNC(=O)[C@@]23CCCC[C@H]2N(CCC(C)C)C(=O)CC3)cc1. The third-order valence-electron chi connectivity index (χ3n) is 6.48. The second-order valence-electron chi connectivity index (χ2n) is 8.72. The lowest BCUT2D eigenvalue weighted by molar-refractivity contribution is -0.155. The van der Waals surface area contributed by atoms with E-state index in [0.717, 1.165) is 50.0 Å². The molecule has 1 N–H and O–H groups in total. The van der Waals surface area contributed by atoms with Gasteiger partial charge in [0.25, 0.3) is 0 Å². The topological polar surface area (TPSA) is 58.6 Å². The van der Waals surface area contributed by atoms with Gasteiger partial charge in [0, 0.05) is 25.6 Å². The zero-order valence-electron chi connectivity index (χ0n) is 17.5. The molecule has 0 spiro atoms. The number of nitrogens with one attached hydrogen (secondary N) is 1. The molecule has 1 saturated heterocycles. The highest BCUT2D eigenvalue weighted by Crippen LogP contribution is 2.46. The van der Waals surface area contributed by atoms with Gasteiger partial charge in [0.2, 0.25) is 11.8 Å². The summed E-state index contributed by atoms with van der Waals surface area (Å²) in [5.74, 6) is 1.71. The Labute approximate surface area is 168 Å². The third-order valence-corrected chi connectivity index (χ3v) is 6.48. The number of methoxy groups -OCH3 is 1. The monoisotopic (exact) mass is 386 g/mol. The molecular weight excluding hydrogens is 352 g/mol. The number of rotatable bonds is 7. The van der Waals surface area contributed by atoms with Crippen LogP contribution >= 0.6 is 0 Å². The average Bonchev–Trinajstić information content (AvgIpc) is 2.71. The van der Waals surface area contributed by atoms with Crippen molar-refractivity contribution in [1.82, 2.24) is 10.2 Å². The van der Waals surface area contributed by atoms with E-state index in [9.17, 15) is 9.59 Å². The lowest BCUT2D eigenvalue weighted by Gasteiger charge is -2.51. The van der Waals surface area contributed by atoms with Crippen LogP contribution in [0, 0.1) is 11.3 Å². The molecule has 1 saturated carbocycles. The van der Waals surface area contributed by atoms with Crippen molar-refractivity contribution in [2.24, 2.45) is 11.3 Å². The summed E-state index contributed by atoms with van der Waals surface area (Å²) in [6, 6.07) is 7.84. The van der Waals surface area contributed by atoms with Crippen LogP contribution < -0.4 is 10.1 Å². The molecule has 28 heavy (non-hydrogen) atoms. The maximum Gasteiger partial charge on any atom is 0.228 e. The number of nitrogens with zero attached hydrogens (tertiary/aromatic N) is 1. The van der Waals surface area contributed by atoms with Crippen molar-refractivity contribution < 1.29 is 14.3 Å². The van der Waals surface area contributed by atoms with Crippen LogP contribution in [0.2, 0.25) is 0 Å². The van der Waals surface area contributed by atoms with Crippen LogP contribution in [0.4, 0.5) is 0 Å². The number of hydrogen-bond donors (Lipinski definition) is 1. The molecule has 2 amide bonds. The number of benzene rings is 1. The maximum atomic E-state index is 13.4. The van der Waals surface area contributed by atoms with Crippen LogP contribution in [0.5, 0.6) is 5.75 Å². The van der Waals surface area contributed by atoms with E-state index in [0.29, 0.717) is 25.3 Å². The number of carbonyl (C=O) groups excluding carboxylic acids is 2. The van der Waals surface area contributed by atoms with Crippen LogP contribution in [0.1, 0.15) is 64.4 Å². The summed E-state index contributed by atoms with van der Waals surface area (Å²) < 4.78 is 5.20. The first-order valence-corrected chi connectivity index (χ1v) is 10.7. The minimum atomic E-state index is -0.421. The Hall–Kier alpha value is -2.04. The van der Waals surface area contributed by atoms with E-state index in [1.807, 2.05) is 29.2 Å². The Morgan fingerprint density at radius 3 is 2.68 bits per heavy atom. The van der Waals surface area contributed by atoms with Gasteiger partial charge in [-0.15, -0.1) is 0 Å². The summed E-state index contributed by atoms with van der Waals surface area (Å²) in [6.45, 7) is 5.65. The van der Waals surface area contributed by atoms with Gasteiger partial charge in [-0.05, 0) is 49.3 Å². The lowest BCUT2D eigenvalue weighted by Crippen LogP contribution is -2.61. The molecule has 2 atom stereocenters. The highest BCUT2D eigenvalue weighted by molar-refractivity contribution is 5.88. The van der Waals surface area contributed by atoms with Crippen LogP contribution in [-0.2, 0) is 16.1 Å². The number of carbonyl (C=O) groups is 2. The molecule has 1 aliphatic carbocycles. The number of ether oxygens (including phenoxy) is 1. The normalized spacial score (nSPS) is 24.8. The minimum absolute atomic E-state index is 0.0529.